The summed E-state index contributed by atoms with van der Waals surface area (Å²) < 4.78 is 42.0. The summed E-state index contributed by atoms with van der Waals surface area (Å²) >= 11 is 5.67. The van der Waals surface area contributed by atoms with E-state index in [-0.39, 0.29) is 11.1 Å². The van der Waals surface area contributed by atoms with Gasteiger partial charge < -0.3 is 15.0 Å². The summed E-state index contributed by atoms with van der Waals surface area (Å²) in [5.41, 5.74) is -0.643. The monoisotopic (exact) mass is 341 g/mol. The molecule has 0 spiro atoms. The van der Waals surface area contributed by atoms with Crippen molar-refractivity contribution in [3.8, 4) is 0 Å². The van der Waals surface area contributed by atoms with Crippen LogP contribution in [0.3, 0.4) is 0 Å². The Labute approximate surface area is 127 Å². The molecule has 2 rings (SSSR count). The Morgan fingerprint density at radius 3 is 2.55 bits per heavy atom. The zero-order chi connectivity index (χ0) is 16.3. The molecule has 0 saturated carbocycles. The number of alkyl halides is 3. The highest BCUT2D eigenvalue weighted by Gasteiger charge is 2.33. The Morgan fingerprint density at radius 2 is 2.00 bits per heavy atom. The summed E-state index contributed by atoms with van der Waals surface area (Å²) in [5.74, 6) is -0.693. The van der Waals surface area contributed by atoms with Gasteiger partial charge >= 0.3 is 11.9 Å². The first-order valence-electron chi connectivity index (χ1n) is 6.13. The lowest BCUT2D eigenvalue weighted by Gasteiger charge is -2.27. The van der Waals surface area contributed by atoms with Crippen molar-refractivity contribution in [1.82, 2.24) is 9.97 Å². The van der Waals surface area contributed by atoms with Crippen LogP contribution < -0.4 is 10.2 Å². The summed E-state index contributed by atoms with van der Waals surface area (Å²) in [6.45, 7) is -0.197. The van der Waals surface area contributed by atoms with Gasteiger partial charge in [0.1, 0.15) is 6.54 Å². The lowest BCUT2D eigenvalue weighted by molar-refractivity contribution is -0.383. The molecule has 2 heterocycles. The Hall–Kier alpha value is -1.88. The van der Waals surface area contributed by atoms with Crippen molar-refractivity contribution < 1.29 is 22.8 Å². The lowest BCUT2D eigenvalue weighted by Crippen LogP contribution is -2.37. The molecule has 8 nitrogen and oxygen atoms in total. The Morgan fingerprint density at radius 1 is 1.36 bits per heavy atom. The van der Waals surface area contributed by atoms with E-state index in [0.717, 1.165) is 0 Å². The SMILES string of the molecule is O=[N+]([O-])c1c(NCC(F)(F)F)nc(Cl)nc1N1CCOCC1. The predicted octanol–water partition coefficient (Wildman–Crippen LogP) is 1.85. The average Bonchev–Trinajstić information content (AvgIpc) is 2.44. The predicted molar refractivity (Wildman–Crippen MR) is 71.3 cm³/mol. The first-order chi connectivity index (χ1) is 10.3. The average molecular weight is 342 g/mol. The molecule has 0 aliphatic carbocycles. The Balaban J connectivity index is 2.39. The molecule has 0 bridgehead atoms. The minimum absolute atomic E-state index is 0.127. The summed E-state index contributed by atoms with van der Waals surface area (Å²) in [7, 11) is 0. The molecule has 122 valence electrons. The molecule has 22 heavy (non-hydrogen) atoms. The number of hydrogen-bond acceptors (Lipinski definition) is 7. The number of nitrogens with one attached hydrogen (secondary N) is 1. The maximum absolute atomic E-state index is 12.3. The molecular weight excluding hydrogens is 331 g/mol. The molecule has 1 fully saturated rings. The van der Waals surface area contributed by atoms with Gasteiger partial charge in [0.05, 0.1) is 18.1 Å². The number of nitro groups is 1. The van der Waals surface area contributed by atoms with Gasteiger partial charge in [-0.1, -0.05) is 0 Å². The lowest BCUT2D eigenvalue weighted by atomic mass is 10.3. The minimum Gasteiger partial charge on any atom is -0.378 e. The largest absolute Gasteiger partial charge is 0.405 e. The van der Waals surface area contributed by atoms with Crippen LogP contribution in [0.2, 0.25) is 5.28 Å². The van der Waals surface area contributed by atoms with Gasteiger partial charge in [-0.25, -0.2) is 0 Å². The quantitative estimate of drug-likeness (QED) is 0.507. The molecule has 0 aromatic carbocycles. The third-order valence-corrected chi connectivity index (χ3v) is 2.96. The Kier molecular flexibility index (Phi) is 4.86. The zero-order valence-corrected chi connectivity index (χ0v) is 11.8. The van der Waals surface area contributed by atoms with Gasteiger partial charge in [-0.3, -0.25) is 10.1 Å². The normalized spacial score (nSPS) is 15.7. The third kappa shape index (κ3) is 4.07. The van der Waals surface area contributed by atoms with Crippen LogP contribution in [0.25, 0.3) is 0 Å². The second kappa shape index (κ2) is 6.48. The fourth-order valence-electron chi connectivity index (χ4n) is 1.89. The van der Waals surface area contributed by atoms with Crippen LogP contribution in [0, 0.1) is 10.1 Å². The van der Waals surface area contributed by atoms with E-state index in [2.05, 4.69) is 9.97 Å². The number of hydrogen-bond donors (Lipinski definition) is 1. The van der Waals surface area contributed by atoms with Crippen LogP contribution >= 0.6 is 11.6 Å². The highest BCUT2D eigenvalue weighted by atomic mass is 35.5. The molecule has 0 atom stereocenters. The second-order valence-electron chi connectivity index (χ2n) is 4.34. The van der Waals surface area contributed by atoms with E-state index in [4.69, 9.17) is 16.3 Å². The highest BCUT2D eigenvalue weighted by Crippen LogP contribution is 2.34. The fourth-order valence-corrected chi connectivity index (χ4v) is 2.05. The number of halogens is 4. The van der Waals surface area contributed by atoms with Crippen molar-refractivity contribution in [2.24, 2.45) is 0 Å². The number of rotatable bonds is 4. The molecule has 0 unspecified atom stereocenters. The summed E-state index contributed by atoms with van der Waals surface area (Å²) in [5, 5.41) is 12.7. The van der Waals surface area contributed by atoms with E-state index in [0.29, 0.717) is 26.3 Å². The van der Waals surface area contributed by atoms with Gasteiger partial charge in [0, 0.05) is 13.1 Å². The molecule has 1 N–H and O–H groups in total. The van der Waals surface area contributed by atoms with Crippen LogP contribution in [-0.2, 0) is 4.74 Å². The van der Waals surface area contributed by atoms with Crippen LogP contribution in [0.15, 0.2) is 0 Å². The van der Waals surface area contributed by atoms with Crippen LogP contribution in [0.5, 0.6) is 0 Å². The number of ether oxygens (including phenoxy) is 1. The van der Waals surface area contributed by atoms with Gasteiger partial charge in [-0.15, -0.1) is 0 Å². The maximum atomic E-state index is 12.3. The molecule has 1 aliphatic heterocycles. The molecule has 0 radical (unpaired) electrons. The first kappa shape index (κ1) is 16.5. The van der Waals surface area contributed by atoms with Gasteiger partial charge in [-0.2, -0.15) is 23.1 Å². The molecule has 12 heteroatoms. The van der Waals surface area contributed by atoms with Crippen molar-refractivity contribution >= 4 is 28.9 Å². The smallest absolute Gasteiger partial charge is 0.378 e. The van der Waals surface area contributed by atoms with Gasteiger partial charge in [0.15, 0.2) is 0 Å². The van der Waals surface area contributed by atoms with Crippen molar-refractivity contribution in [1.29, 1.82) is 0 Å². The third-order valence-electron chi connectivity index (χ3n) is 2.79. The van der Waals surface area contributed by atoms with Gasteiger partial charge in [0.25, 0.3) is 0 Å². The van der Waals surface area contributed by atoms with Crippen molar-refractivity contribution in [2.45, 2.75) is 6.18 Å². The van der Waals surface area contributed by atoms with E-state index in [1.807, 2.05) is 5.32 Å². The number of aromatic nitrogens is 2. The van der Waals surface area contributed by atoms with Gasteiger partial charge in [-0.05, 0) is 11.6 Å². The van der Waals surface area contributed by atoms with Crippen molar-refractivity contribution in [3.05, 3.63) is 15.4 Å². The molecule has 1 aromatic heterocycles. The van der Waals surface area contributed by atoms with E-state index in [9.17, 15) is 23.3 Å². The van der Waals surface area contributed by atoms with Crippen molar-refractivity contribution in [2.75, 3.05) is 43.1 Å². The highest BCUT2D eigenvalue weighted by molar-refractivity contribution is 6.28. The van der Waals surface area contributed by atoms with Crippen LogP contribution in [-0.4, -0.2) is 53.9 Å². The molecule has 1 aromatic rings. The molecular formula is C10H11ClF3N5O3. The first-order valence-corrected chi connectivity index (χ1v) is 6.51. The summed E-state index contributed by atoms with van der Waals surface area (Å²) in [4.78, 5) is 19.2. The number of morpholine rings is 1. The minimum atomic E-state index is -4.55. The van der Waals surface area contributed by atoms with E-state index < -0.39 is 29.1 Å². The topological polar surface area (TPSA) is 93.4 Å². The van der Waals surface area contributed by atoms with E-state index >= 15 is 0 Å². The zero-order valence-electron chi connectivity index (χ0n) is 11.1. The van der Waals surface area contributed by atoms with Crippen LogP contribution in [0.4, 0.5) is 30.5 Å². The van der Waals surface area contributed by atoms with Crippen molar-refractivity contribution in [3.63, 3.8) is 0 Å². The van der Waals surface area contributed by atoms with Crippen LogP contribution in [0.1, 0.15) is 0 Å². The molecule has 1 saturated heterocycles. The Bertz CT molecular complexity index is 565. The van der Waals surface area contributed by atoms with E-state index in [1.54, 1.807) is 0 Å². The number of anilines is 2. The summed E-state index contributed by atoms with van der Waals surface area (Å²) in [6, 6.07) is 0. The van der Waals surface area contributed by atoms with E-state index in [1.165, 1.54) is 4.90 Å². The second-order valence-corrected chi connectivity index (χ2v) is 4.68. The summed E-state index contributed by atoms with van der Waals surface area (Å²) in [6.07, 6.45) is -4.55. The molecule has 1 aliphatic rings. The molecule has 0 amide bonds. The maximum Gasteiger partial charge on any atom is 0.405 e. The number of nitrogens with zero attached hydrogens (tertiary/aromatic N) is 4. The fraction of sp³-hybridized carbons (Fsp3) is 0.600. The van der Waals surface area contributed by atoms with Gasteiger partial charge in [0.2, 0.25) is 16.9 Å². The standard InChI is InChI=1S/C10H11ClF3N5O3/c11-9-16-7(15-5-10(12,13)14)6(19(20)21)8(17-9)18-1-3-22-4-2-18/h1-5H2,(H,15,16,17).